The van der Waals surface area contributed by atoms with Gasteiger partial charge in [0.05, 0.1) is 25.7 Å². The summed E-state index contributed by atoms with van der Waals surface area (Å²) in [6.07, 6.45) is 0. The highest BCUT2D eigenvalue weighted by Crippen LogP contribution is 2.42. The molecule has 0 saturated carbocycles. The van der Waals surface area contributed by atoms with Crippen molar-refractivity contribution in [1.29, 1.82) is 5.26 Å². The first-order valence-corrected chi connectivity index (χ1v) is 10.5. The summed E-state index contributed by atoms with van der Waals surface area (Å²) in [6.45, 7) is 8.19. The van der Waals surface area contributed by atoms with Crippen molar-refractivity contribution in [2.45, 2.75) is 40.2 Å². The van der Waals surface area contributed by atoms with Crippen LogP contribution in [-0.4, -0.2) is 20.2 Å². The van der Waals surface area contributed by atoms with Gasteiger partial charge in [0.25, 0.3) is 0 Å². The van der Waals surface area contributed by atoms with Gasteiger partial charge in [0.1, 0.15) is 24.0 Å². The molecule has 1 aliphatic rings. The summed E-state index contributed by atoms with van der Waals surface area (Å²) in [4.78, 5) is 12.5. The maximum atomic E-state index is 12.5. The number of esters is 1. The number of allylic oxidation sites excluding steroid dienone is 2. The molecule has 0 unspecified atom stereocenters. The number of nitriles is 1. The first kappa shape index (κ1) is 23.7. The topological polar surface area (TPSA) is 104 Å². The molecule has 0 amide bonds. The molecule has 1 heterocycles. The molecule has 0 fully saturated rings. The second-order valence-corrected chi connectivity index (χ2v) is 7.96. The Labute approximate surface area is 194 Å². The Kier molecular flexibility index (Phi) is 6.98. The Hall–Kier alpha value is -3.92. The second kappa shape index (κ2) is 9.70. The van der Waals surface area contributed by atoms with Crippen molar-refractivity contribution < 1.29 is 23.7 Å². The number of rotatable bonds is 6. The molecule has 2 aromatic carbocycles. The summed E-state index contributed by atoms with van der Waals surface area (Å²) in [7, 11) is 2.82. The molecular weight excluding hydrogens is 420 g/mol. The van der Waals surface area contributed by atoms with Crippen LogP contribution >= 0.6 is 0 Å². The first-order valence-electron chi connectivity index (χ1n) is 10.5. The molecule has 7 heteroatoms. The Balaban J connectivity index is 1.99. The van der Waals surface area contributed by atoms with E-state index in [2.05, 4.69) is 39.0 Å². The fourth-order valence-electron chi connectivity index (χ4n) is 4.16. The van der Waals surface area contributed by atoms with Gasteiger partial charge in [-0.3, -0.25) is 0 Å². The maximum absolute atomic E-state index is 12.5. The fraction of sp³-hybridized carbons (Fsp3) is 0.308. The van der Waals surface area contributed by atoms with Crippen molar-refractivity contribution in [3.63, 3.8) is 0 Å². The molecule has 1 aliphatic heterocycles. The molecule has 2 aromatic rings. The molecule has 0 saturated heterocycles. The Morgan fingerprint density at radius 1 is 1.09 bits per heavy atom. The van der Waals surface area contributed by atoms with E-state index in [4.69, 9.17) is 24.7 Å². The number of hydrogen-bond acceptors (Lipinski definition) is 7. The molecule has 3 rings (SSSR count). The number of hydrogen-bond donors (Lipinski definition) is 1. The highest BCUT2D eigenvalue weighted by molar-refractivity contribution is 5.92. The summed E-state index contributed by atoms with van der Waals surface area (Å²) < 4.78 is 22.0. The zero-order chi connectivity index (χ0) is 24.3. The van der Waals surface area contributed by atoms with Crippen molar-refractivity contribution in [3.05, 3.63) is 80.9 Å². The summed E-state index contributed by atoms with van der Waals surface area (Å²) in [6, 6.07) is 11.6. The molecule has 172 valence electrons. The minimum atomic E-state index is -0.749. The molecule has 0 aromatic heterocycles. The molecule has 1 atom stereocenters. The highest BCUT2D eigenvalue weighted by Gasteiger charge is 2.36. The third-order valence-corrected chi connectivity index (χ3v) is 5.74. The minimum absolute atomic E-state index is 0.0442. The van der Waals surface area contributed by atoms with Gasteiger partial charge >= 0.3 is 5.97 Å². The van der Waals surface area contributed by atoms with E-state index >= 15 is 0 Å². The second-order valence-electron chi connectivity index (χ2n) is 7.96. The van der Waals surface area contributed by atoms with E-state index in [0.29, 0.717) is 23.7 Å². The van der Waals surface area contributed by atoms with Crippen LogP contribution in [0.2, 0.25) is 0 Å². The minimum Gasteiger partial charge on any atom is -0.493 e. The van der Waals surface area contributed by atoms with Gasteiger partial charge in [-0.25, -0.2) is 4.79 Å². The first-order chi connectivity index (χ1) is 15.7. The van der Waals surface area contributed by atoms with Crippen molar-refractivity contribution in [2.24, 2.45) is 5.73 Å². The maximum Gasteiger partial charge on any atom is 0.338 e. The van der Waals surface area contributed by atoms with E-state index in [1.807, 2.05) is 0 Å². The monoisotopic (exact) mass is 448 g/mol. The van der Waals surface area contributed by atoms with Crippen molar-refractivity contribution >= 4 is 5.97 Å². The number of carbonyl (C=O) groups is 1. The summed E-state index contributed by atoms with van der Waals surface area (Å²) >= 11 is 0. The Morgan fingerprint density at radius 3 is 2.33 bits per heavy atom. The zero-order valence-electron chi connectivity index (χ0n) is 19.7. The summed E-state index contributed by atoms with van der Waals surface area (Å²) in [5, 5.41) is 9.72. The number of methoxy groups -OCH3 is 2. The highest BCUT2D eigenvalue weighted by atomic mass is 16.5. The number of ether oxygens (including phenoxy) is 4. The lowest BCUT2D eigenvalue weighted by Crippen LogP contribution is -2.25. The van der Waals surface area contributed by atoms with Crippen molar-refractivity contribution in [2.75, 3.05) is 14.2 Å². The van der Waals surface area contributed by atoms with E-state index in [1.54, 1.807) is 25.1 Å². The van der Waals surface area contributed by atoms with E-state index in [1.165, 1.54) is 19.8 Å². The normalized spacial score (nSPS) is 15.6. The van der Waals surface area contributed by atoms with Gasteiger partial charge in [0, 0.05) is 0 Å². The van der Waals surface area contributed by atoms with Crippen LogP contribution in [0, 0.1) is 32.1 Å². The van der Waals surface area contributed by atoms with E-state index in [-0.39, 0.29) is 22.8 Å². The van der Waals surface area contributed by atoms with Crippen molar-refractivity contribution in [1.82, 2.24) is 0 Å². The third-order valence-electron chi connectivity index (χ3n) is 5.74. The van der Waals surface area contributed by atoms with E-state index in [9.17, 15) is 10.1 Å². The largest absolute Gasteiger partial charge is 0.493 e. The van der Waals surface area contributed by atoms with Gasteiger partial charge in [-0.1, -0.05) is 23.8 Å². The average molecular weight is 449 g/mol. The number of aryl methyl sites for hydroxylation is 3. The van der Waals surface area contributed by atoms with Crippen LogP contribution in [0.3, 0.4) is 0 Å². The average Bonchev–Trinajstić information content (AvgIpc) is 2.77. The van der Waals surface area contributed by atoms with Crippen LogP contribution in [0.1, 0.15) is 40.7 Å². The number of benzene rings is 2. The van der Waals surface area contributed by atoms with Gasteiger partial charge in [0.15, 0.2) is 11.5 Å². The quantitative estimate of drug-likeness (QED) is 0.651. The third kappa shape index (κ3) is 4.65. The van der Waals surface area contributed by atoms with E-state index < -0.39 is 11.9 Å². The molecule has 0 aliphatic carbocycles. The molecule has 33 heavy (non-hydrogen) atoms. The standard InChI is InChI=1S/C26H28N2O5/c1-14-9-15(2)20(16(3)10-14)13-32-21-8-7-18(11-22(21)30-5)24-19(12-27)25(28)33-17(4)23(24)26(29)31-6/h7-11,24H,13,28H2,1-6H3/t24-/m0/s1. The summed E-state index contributed by atoms with van der Waals surface area (Å²) in [5.74, 6) is -0.0871. The lowest BCUT2D eigenvalue weighted by molar-refractivity contribution is -0.136. The zero-order valence-corrected chi connectivity index (χ0v) is 19.7. The molecule has 7 nitrogen and oxygen atoms in total. The van der Waals surface area contributed by atoms with Crippen molar-refractivity contribution in [3.8, 4) is 17.6 Å². The number of nitrogens with two attached hydrogens (primary N) is 1. The lowest BCUT2D eigenvalue weighted by Gasteiger charge is -2.27. The smallest absolute Gasteiger partial charge is 0.338 e. The fourth-order valence-corrected chi connectivity index (χ4v) is 4.16. The Morgan fingerprint density at radius 2 is 1.76 bits per heavy atom. The molecular formula is C26H28N2O5. The SMILES string of the molecule is COC(=O)C1=C(C)OC(N)=C(C#N)[C@@H]1c1ccc(OCc2c(C)cc(C)cc2C)c(OC)c1. The van der Waals surface area contributed by atoms with Crippen LogP contribution < -0.4 is 15.2 Å². The Bertz CT molecular complexity index is 1180. The van der Waals surface area contributed by atoms with Crippen LogP contribution in [0.4, 0.5) is 0 Å². The van der Waals surface area contributed by atoms with Gasteiger partial charge < -0.3 is 24.7 Å². The predicted octanol–water partition coefficient (Wildman–Crippen LogP) is 4.45. The molecule has 0 radical (unpaired) electrons. The van der Waals surface area contributed by atoms with Gasteiger partial charge in [0.2, 0.25) is 5.88 Å². The molecule has 0 bridgehead atoms. The lowest BCUT2D eigenvalue weighted by atomic mass is 9.83. The predicted molar refractivity (Wildman–Crippen MR) is 123 cm³/mol. The van der Waals surface area contributed by atoms with Gasteiger partial charge in [-0.15, -0.1) is 0 Å². The van der Waals surface area contributed by atoms with Gasteiger partial charge in [-0.05, 0) is 62.1 Å². The van der Waals surface area contributed by atoms with Crippen LogP contribution in [-0.2, 0) is 20.9 Å². The number of carbonyl (C=O) groups excluding carboxylic acids is 1. The van der Waals surface area contributed by atoms with Crippen LogP contribution in [0.15, 0.2) is 53.1 Å². The van der Waals surface area contributed by atoms with Gasteiger partial charge in [-0.2, -0.15) is 5.26 Å². The molecule has 2 N–H and O–H groups in total. The van der Waals surface area contributed by atoms with Crippen LogP contribution in [0.25, 0.3) is 0 Å². The number of nitrogens with zero attached hydrogens (tertiary/aromatic N) is 1. The van der Waals surface area contributed by atoms with Crippen LogP contribution in [0.5, 0.6) is 11.5 Å². The molecule has 0 spiro atoms. The summed E-state index contributed by atoms with van der Waals surface area (Å²) in [5.41, 5.74) is 11.6. The van der Waals surface area contributed by atoms with E-state index in [0.717, 1.165) is 16.7 Å².